The molecular formula is C16H16ClNO3. The van der Waals surface area contributed by atoms with E-state index < -0.39 is 0 Å². The van der Waals surface area contributed by atoms with E-state index in [0.29, 0.717) is 28.8 Å². The third-order valence-electron chi connectivity index (χ3n) is 2.63. The van der Waals surface area contributed by atoms with Gasteiger partial charge in [0.2, 0.25) is 0 Å². The number of benzene rings is 2. The Balaban J connectivity index is 1.89. The molecule has 2 aromatic rings. The average molecular weight is 306 g/mol. The topological polar surface area (TPSA) is 47.6 Å². The highest BCUT2D eigenvalue weighted by molar-refractivity contribution is 6.33. The normalized spacial score (nSPS) is 10.0. The van der Waals surface area contributed by atoms with Crippen LogP contribution in [0.2, 0.25) is 5.02 Å². The van der Waals surface area contributed by atoms with Gasteiger partial charge in [-0.15, -0.1) is 0 Å². The standard InChI is InChI=1S/C16H16ClNO3/c1-2-20-12-6-5-7-13(10-12)21-11-16(19)18-15-9-4-3-8-14(15)17/h3-10H,2,11H2,1H3,(H,18,19). The number of hydrogen-bond donors (Lipinski definition) is 1. The van der Waals surface area contributed by atoms with E-state index in [1.165, 1.54) is 0 Å². The van der Waals surface area contributed by atoms with Gasteiger partial charge in [0, 0.05) is 6.07 Å². The minimum absolute atomic E-state index is 0.0964. The van der Waals surface area contributed by atoms with Crippen LogP contribution in [0.3, 0.4) is 0 Å². The Labute approximate surface area is 128 Å². The van der Waals surface area contributed by atoms with Crippen LogP contribution in [0.1, 0.15) is 6.92 Å². The first kappa shape index (κ1) is 15.2. The van der Waals surface area contributed by atoms with Crippen LogP contribution in [0.4, 0.5) is 5.69 Å². The van der Waals surface area contributed by atoms with Gasteiger partial charge in [-0.05, 0) is 31.2 Å². The van der Waals surface area contributed by atoms with Crippen LogP contribution in [0, 0.1) is 0 Å². The lowest BCUT2D eigenvalue weighted by Gasteiger charge is -2.09. The molecule has 0 atom stereocenters. The van der Waals surface area contributed by atoms with Gasteiger partial charge in [-0.1, -0.05) is 29.8 Å². The van der Waals surface area contributed by atoms with Crippen LogP contribution in [-0.2, 0) is 4.79 Å². The van der Waals surface area contributed by atoms with Gasteiger partial charge in [-0.3, -0.25) is 4.79 Å². The molecule has 0 heterocycles. The molecule has 0 saturated heterocycles. The molecule has 2 rings (SSSR count). The third-order valence-corrected chi connectivity index (χ3v) is 2.96. The van der Waals surface area contributed by atoms with Crippen molar-refractivity contribution in [3.8, 4) is 11.5 Å². The molecule has 0 aromatic heterocycles. The number of amides is 1. The minimum Gasteiger partial charge on any atom is -0.494 e. The van der Waals surface area contributed by atoms with E-state index in [-0.39, 0.29) is 12.5 Å². The van der Waals surface area contributed by atoms with E-state index in [2.05, 4.69) is 5.32 Å². The lowest BCUT2D eigenvalue weighted by molar-refractivity contribution is -0.118. The first-order chi connectivity index (χ1) is 10.2. The lowest BCUT2D eigenvalue weighted by atomic mass is 10.3. The second-order valence-corrected chi connectivity index (χ2v) is 4.63. The Kier molecular flexibility index (Phi) is 5.46. The molecule has 0 unspecified atom stereocenters. The van der Waals surface area contributed by atoms with Gasteiger partial charge < -0.3 is 14.8 Å². The molecule has 0 spiro atoms. The largest absolute Gasteiger partial charge is 0.494 e. The van der Waals surface area contributed by atoms with Crippen molar-refractivity contribution in [2.75, 3.05) is 18.5 Å². The number of ether oxygens (including phenoxy) is 2. The molecular weight excluding hydrogens is 290 g/mol. The average Bonchev–Trinajstić information content (AvgIpc) is 2.48. The van der Waals surface area contributed by atoms with Gasteiger partial charge in [0.05, 0.1) is 17.3 Å². The third kappa shape index (κ3) is 4.68. The number of nitrogens with one attached hydrogen (secondary N) is 1. The molecule has 21 heavy (non-hydrogen) atoms. The van der Waals surface area contributed by atoms with Gasteiger partial charge in [0.25, 0.3) is 5.91 Å². The predicted octanol–water partition coefficient (Wildman–Crippen LogP) is 3.76. The van der Waals surface area contributed by atoms with Crippen molar-refractivity contribution in [1.82, 2.24) is 0 Å². The number of carbonyl (C=O) groups excluding carboxylic acids is 1. The molecule has 0 aliphatic carbocycles. The lowest BCUT2D eigenvalue weighted by Crippen LogP contribution is -2.20. The molecule has 110 valence electrons. The molecule has 0 radical (unpaired) electrons. The van der Waals surface area contributed by atoms with Crippen LogP contribution in [0.15, 0.2) is 48.5 Å². The zero-order valence-electron chi connectivity index (χ0n) is 11.6. The molecule has 0 aliphatic rings. The summed E-state index contributed by atoms with van der Waals surface area (Å²) in [5.41, 5.74) is 0.566. The number of hydrogen-bond acceptors (Lipinski definition) is 3. The van der Waals surface area contributed by atoms with Crippen molar-refractivity contribution >= 4 is 23.2 Å². The summed E-state index contributed by atoms with van der Waals surface area (Å²) in [7, 11) is 0. The van der Waals surface area contributed by atoms with Gasteiger partial charge in [0.1, 0.15) is 11.5 Å². The van der Waals surface area contributed by atoms with E-state index in [1.807, 2.05) is 19.1 Å². The van der Waals surface area contributed by atoms with Crippen LogP contribution < -0.4 is 14.8 Å². The fourth-order valence-electron chi connectivity index (χ4n) is 1.72. The van der Waals surface area contributed by atoms with Gasteiger partial charge in [0.15, 0.2) is 6.61 Å². The Bertz CT molecular complexity index is 616. The van der Waals surface area contributed by atoms with E-state index in [1.54, 1.807) is 36.4 Å². The Morgan fingerprint density at radius 2 is 1.81 bits per heavy atom. The quantitative estimate of drug-likeness (QED) is 0.884. The monoisotopic (exact) mass is 305 g/mol. The maximum absolute atomic E-state index is 11.8. The second kappa shape index (κ2) is 7.55. The highest BCUT2D eigenvalue weighted by Gasteiger charge is 2.06. The number of para-hydroxylation sites is 1. The van der Waals surface area contributed by atoms with Crippen molar-refractivity contribution in [2.24, 2.45) is 0 Å². The first-order valence-electron chi connectivity index (χ1n) is 6.59. The molecule has 0 saturated carbocycles. The van der Waals surface area contributed by atoms with Crippen LogP contribution in [0.5, 0.6) is 11.5 Å². The number of carbonyl (C=O) groups is 1. The molecule has 0 fully saturated rings. The SMILES string of the molecule is CCOc1cccc(OCC(=O)Nc2ccccc2Cl)c1. The molecule has 1 amide bonds. The minimum atomic E-state index is -0.273. The maximum atomic E-state index is 11.8. The van der Waals surface area contributed by atoms with E-state index >= 15 is 0 Å². The molecule has 2 aromatic carbocycles. The number of rotatable bonds is 6. The van der Waals surface area contributed by atoms with Crippen molar-refractivity contribution < 1.29 is 14.3 Å². The number of anilines is 1. The zero-order valence-corrected chi connectivity index (χ0v) is 12.4. The maximum Gasteiger partial charge on any atom is 0.262 e. The molecule has 0 bridgehead atoms. The second-order valence-electron chi connectivity index (χ2n) is 4.22. The van der Waals surface area contributed by atoms with E-state index in [9.17, 15) is 4.79 Å². The summed E-state index contributed by atoms with van der Waals surface area (Å²) in [6.45, 7) is 2.39. The van der Waals surface area contributed by atoms with Crippen molar-refractivity contribution in [3.63, 3.8) is 0 Å². The van der Waals surface area contributed by atoms with Gasteiger partial charge >= 0.3 is 0 Å². The summed E-state index contributed by atoms with van der Waals surface area (Å²) in [4.78, 5) is 11.8. The Morgan fingerprint density at radius 1 is 1.10 bits per heavy atom. The molecule has 5 heteroatoms. The number of halogens is 1. The fraction of sp³-hybridized carbons (Fsp3) is 0.188. The van der Waals surface area contributed by atoms with Crippen LogP contribution >= 0.6 is 11.6 Å². The molecule has 1 N–H and O–H groups in total. The summed E-state index contributed by atoms with van der Waals surface area (Å²) in [6.07, 6.45) is 0. The first-order valence-corrected chi connectivity index (χ1v) is 6.97. The van der Waals surface area contributed by atoms with Gasteiger partial charge in [-0.2, -0.15) is 0 Å². The smallest absolute Gasteiger partial charge is 0.262 e. The van der Waals surface area contributed by atoms with Crippen LogP contribution in [0.25, 0.3) is 0 Å². The molecule has 4 nitrogen and oxygen atoms in total. The summed E-state index contributed by atoms with van der Waals surface area (Å²) in [6, 6.07) is 14.2. The summed E-state index contributed by atoms with van der Waals surface area (Å²) < 4.78 is 10.8. The predicted molar refractivity (Wildman–Crippen MR) is 83.2 cm³/mol. The van der Waals surface area contributed by atoms with Crippen molar-refractivity contribution in [2.45, 2.75) is 6.92 Å². The Hall–Kier alpha value is -2.20. The van der Waals surface area contributed by atoms with Crippen molar-refractivity contribution in [3.05, 3.63) is 53.6 Å². The summed E-state index contributed by atoms with van der Waals surface area (Å²) >= 11 is 5.97. The summed E-state index contributed by atoms with van der Waals surface area (Å²) in [5, 5.41) is 3.18. The van der Waals surface area contributed by atoms with E-state index in [4.69, 9.17) is 21.1 Å². The fourth-order valence-corrected chi connectivity index (χ4v) is 1.90. The highest BCUT2D eigenvalue weighted by Crippen LogP contribution is 2.21. The Morgan fingerprint density at radius 3 is 2.52 bits per heavy atom. The summed E-state index contributed by atoms with van der Waals surface area (Å²) in [5.74, 6) is 1.02. The molecule has 0 aliphatic heterocycles. The highest BCUT2D eigenvalue weighted by atomic mass is 35.5. The van der Waals surface area contributed by atoms with Crippen LogP contribution in [-0.4, -0.2) is 19.1 Å². The van der Waals surface area contributed by atoms with Crippen molar-refractivity contribution in [1.29, 1.82) is 0 Å². The zero-order chi connectivity index (χ0) is 15.1. The van der Waals surface area contributed by atoms with Gasteiger partial charge in [-0.25, -0.2) is 0 Å². The van der Waals surface area contributed by atoms with E-state index in [0.717, 1.165) is 0 Å².